The number of methoxy groups -OCH3 is 2. The van der Waals surface area contributed by atoms with E-state index in [2.05, 4.69) is 389 Å². The van der Waals surface area contributed by atoms with Crippen molar-refractivity contribution in [3.8, 4) is 11.5 Å². The molecule has 0 amide bonds. The molecule has 0 aliphatic rings. The van der Waals surface area contributed by atoms with Gasteiger partial charge in [0.25, 0.3) is 0 Å². The molecule has 0 spiro atoms. The van der Waals surface area contributed by atoms with Crippen molar-refractivity contribution in [1.29, 1.82) is 0 Å². The predicted molar refractivity (Wildman–Crippen MR) is 453 cm³/mol. The second kappa shape index (κ2) is 51.6. The van der Waals surface area contributed by atoms with Crippen molar-refractivity contribution in [2.75, 3.05) is 14.2 Å². The molecular weight excluding hydrogens is 1820 g/mol. The summed E-state index contributed by atoms with van der Waals surface area (Å²) in [5.41, 5.74) is 1.26. The van der Waals surface area contributed by atoms with Crippen molar-refractivity contribution >= 4 is 145 Å². The molecule has 0 atom stereocenters. The van der Waals surface area contributed by atoms with Crippen LogP contribution in [-0.2, 0) is 124 Å². The van der Waals surface area contributed by atoms with Crippen molar-refractivity contribution < 1.29 is 119 Å². The predicted octanol–water partition coefficient (Wildman–Crippen LogP) is 13.4. The van der Waals surface area contributed by atoms with Crippen LogP contribution in [0.1, 0.15) is 11.1 Å². The number of carbonyl (C=O) groups excluding carboxylic acids is 2. The quantitative estimate of drug-likeness (QED) is 0.0363. The van der Waals surface area contributed by atoms with Crippen molar-refractivity contribution in [3.05, 3.63) is 433 Å². The van der Waals surface area contributed by atoms with Gasteiger partial charge in [-0.25, -0.2) is 0 Å². The summed E-state index contributed by atoms with van der Waals surface area (Å²) < 4.78 is 10.0. The van der Waals surface area contributed by atoms with Crippen molar-refractivity contribution in [1.82, 2.24) is 0 Å². The summed E-state index contributed by atoms with van der Waals surface area (Å²) >= 11 is 9.19. The molecule has 16 heteroatoms. The van der Waals surface area contributed by atoms with Gasteiger partial charge in [-0.15, -0.1) is 0 Å². The molecule has 0 unspecified atom stereocenters. The molecule has 6 nitrogen and oxygen atoms in total. The van der Waals surface area contributed by atoms with Crippen LogP contribution in [0, 0.1) is 0 Å². The molecule has 14 aromatic carbocycles. The van der Waals surface area contributed by atoms with Crippen LogP contribution in [0.25, 0.3) is 12.2 Å². The fraction of sp³-hybridized carbons (Fsp3) is 0.0217. The molecule has 0 saturated heterocycles. The summed E-state index contributed by atoms with van der Waals surface area (Å²) in [5, 5.41) is 38.0. The Labute approximate surface area is 715 Å². The van der Waals surface area contributed by atoms with Crippen LogP contribution in [-0.4, -0.2) is 26.2 Å². The molecule has 0 saturated carbocycles. The smallest absolute Gasteiger partial charge is 0.778 e. The maximum atomic E-state index is 10.4. The molecule has 0 aromatic heterocycles. The van der Waals surface area contributed by atoms with Gasteiger partial charge < -0.3 is 54.5 Å². The van der Waals surface area contributed by atoms with E-state index in [0.717, 1.165) is 0 Å². The summed E-state index contributed by atoms with van der Waals surface area (Å²) in [4.78, 5) is 20.3. The van der Waals surface area contributed by atoms with E-state index < -0.39 is 43.6 Å². The van der Waals surface area contributed by atoms with Crippen molar-refractivity contribution in [2.45, 2.75) is 0 Å². The van der Waals surface area contributed by atoms with Crippen LogP contribution in [0.5, 0.6) is 11.5 Å². The van der Waals surface area contributed by atoms with E-state index >= 15 is 0 Å². The summed E-state index contributed by atoms with van der Waals surface area (Å²) in [5.74, 6) is -1.55. The number of benzene rings is 14. The minimum atomic E-state index is -1.36. The Morgan fingerprint density at radius 1 is 0.231 bits per heavy atom. The van der Waals surface area contributed by atoms with Gasteiger partial charge in [-0.1, -0.05) is 267 Å². The minimum Gasteiger partial charge on any atom is -0.778 e. The van der Waals surface area contributed by atoms with Gasteiger partial charge >= 0.3 is 89.5 Å². The second-order valence-electron chi connectivity index (χ2n) is 23.0. The Morgan fingerprint density at radius 2 is 0.352 bits per heavy atom. The summed E-state index contributed by atoms with van der Waals surface area (Å²) in [6.07, 6.45) is 2.67. The van der Waals surface area contributed by atoms with Crippen LogP contribution in [0.15, 0.2) is 422 Å². The Morgan fingerprint density at radius 3 is 0.472 bits per heavy atom. The molecule has 0 bridgehead atoms. The number of rotatable bonds is 18. The molecule has 0 heterocycles. The van der Waals surface area contributed by atoms with Crippen molar-refractivity contribution in [3.63, 3.8) is 0 Å². The number of aliphatic carboxylic acids is 2. The molecule has 14 rings (SSSR count). The maximum Gasteiger partial charge on any atom is 1.00 e. The normalized spacial score (nSPS) is 10.3. The van der Waals surface area contributed by atoms with E-state index in [4.69, 9.17) is 9.47 Å². The zero-order valence-electron chi connectivity index (χ0n) is 58.9. The molecule has 556 valence electrons. The fourth-order valence-corrected chi connectivity index (χ4v) is 21.8. The molecular formula is C92H80Ag4O6P4S2+4. The van der Waals surface area contributed by atoms with E-state index in [9.17, 15) is 19.8 Å². The topological polar surface area (TPSA) is 98.7 Å². The monoisotopic (exact) mass is 1900 g/mol. The number of carboxylic acid groups (broad SMARTS) is 2. The molecule has 108 heavy (non-hydrogen) atoms. The number of carboxylic acids is 2. The molecule has 0 aliphatic heterocycles. The van der Waals surface area contributed by atoms with Gasteiger partial charge in [0.05, 0.1) is 45.9 Å². The number of carbonyl (C=O) groups is 2. The first-order valence-electron chi connectivity index (χ1n) is 33.7. The minimum absolute atomic E-state index is 0. The van der Waals surface area contributed by atoms with E-state index in [0.29, 0.717) is 22.6 Å². The summed E-state index contributed by atoms with van der Waals surface area (Å²) in [7, 11) is -0.492. The maximum absolute atomic E-state index is 10.4. The van der Waals surface area contributed by atoms with Crippen molar-refractivity contribution in [2.24, 2.45) is 0 Å². The van der Waals surface area contributed by atoms with Gasteiger partial charge in [-0.2, -0.15) is 9.81 Å². The van der Waals surface area contributed by atoms with E-state index in [1.165, 1.54) is 90.0 Å². The first kappa shape index (κ1) is 90.8. The van der Waals surface area contributed by atoms with Crippen LogP contribution in [0.2, 0.25) is 0 Å². The second-order valence-corrected chi connectivity index (χ2v) is 33.8. The van der Waals surface area contributed by atoms with Crippen LogP contribution in [0.3, 0.4) is 0 Å². The third-order valence-electron chi connectivity index (χ3n) is 16.0. The Balaban J connectivity index is 0.000000232. The van der Waals surface area contributed by atoms with Gasteiger partial charge in [0.1, 0.15) is 75.2 Å². The van der Waals surface area contributed by atoms with Crippen LogP contribution in [0.4, 0.5) is 0 Å². The first-order valence-corrected chi connectivity index (χ1v) is 40.5. The molecule has 0 N–H and O–H groups in total. The number of ether oxygens (including phenoxy) is 2. The van der Waals surface area contributed by atoms with E-state index in [1.807, 2.05) is 0 Å². The van der Waals surface area contributed by atoms with Crippen LogP contribution >= 0.6 is 31.7 Å². The van der Waals surface area contributed by atoms with Gasteiger partial charge in [0, 0.05) is 23.1 Å². The van der Waals surface area contributed by atoms with Gasteiger partial charge in [-0.3, -0.25) is 0 Å². The molecule has 0 aliphatic carbocycles. The van der Waals surface area contributed by atoms with Gasteiger partial charge in [-0.05, 0) is 158 Å². The number of hydrogen-bond donors (Lipinski definition) is 0. The largest absolute Gasteiger partial charge is 1.00 e. The average molecular weight is 1900 g/mol. The molecule has 0 radical (unpaired) electrons. The standard InChI is InChI=1S/4C18H15P.2C10H10O3S.4Ag/c4*1-4-10-16(11-5-1)19(17-12-6-2-7-13-17)18-14-8-3-9-15-18;2*1-13-8-5-3-2-4-7(8)6-9(14)10(11)12;;;;/h4*1-15H;2*2-6,14H,1H3,(H,11,12);;;;/q;;;;;;4*+1/b;;;;2*9-6-;;;;. The Kier molecular flexibility index (Phi) is 43.4. The number of para-hydroxylation sites is 2. The SMILES string of the molecule is COc1ccccc1/C=C(\[S-])C(=O)[O-].COc1ccccc1/C=C(\[S-])C(=O)[O-].[Ag+].[Ag+].[Ag+].[Ag+].c1ccc([PH+](c2ccccc2)c2ccccc2)cc1.c1ccc([PH+](c2ccccc2)c2ccccc2)cc1.c1ccc([PH+](c2ccccc2)c2ccccc2)cc1.c1ccc([PH+](c2ccccc2)c2ccccc2)cc1. The third-order valence-corrected chi connectivity index (χ3v) is 27.5. The summed E-state index contributed by atoms with van der Waals surface area (Å²) in [6, 6.07) is 144. The van der Waals surface area contributed by atoms with E-state index in [1.54, 1.807) is 48.5 Å². The zero-order valence-corrected chi connectivity index (χ0v) is 70.4. The Bertz CT molecular complexity index is 3920. The van der Waals surface area contributed by atoms with Crippen LogP contribution < -0.4 is 83.3 Å². The fourth-order valence-electron chi connectivity index (χ4n) is 11.2. The summed E-state index contributed by atoms with van der Waals surface area (Å²) in [6.45, 7) is 0. The zero-order chi connectivity index (χ0) is 72.8. The molecule has 0 fully saturated rings. The number of hydrogen-bond acceptors (Lipinski definition) is 8. The Hall–Kier alpha value is -7.78. The average Bonchev–Trinajstić information content (AvgIpc) is 0.839. The first-order chi connectivity index (χ1) is 51.1. The third kappa shape index (κ3) is 29.2. The van der Waals surface area contributed by atoms with Gasteiger partial charge in [0.15, 0.2) is 0 Å². The molecule has 14 aromatic rings. The van der Waals surface area contributed by atoms with E-state index in [-0.39, 0.29) is 99.3 Å². The van der Waals surface area contributed by atoms with Gasteiger partial charge in [0.2, 0.25) is 0 Å².